The van der Waals surface area contributed by atoms with Gasteiger partial charge in [-0.1, -0.05) is 13.8 Å². The first-order valence-electron chi connectivity index (χ1n) is 8.17. The Kier molecular flexibility index (Phi) is 10.0. The van der Waals surface area contributed by atoms with E-state index in [1.54, 1.807) is 0 Å². The first-order chi connectivity index (χ1) is 9.89. The smallest absolute Gasteiger partial charge is 0.236 e. The summed E-state index contributed by atoms with van der Waals surface area (Å²) in [6.45, 7) is 16.4. The second-order valence-electron chi connectivity index (χ2n) is 5.70. The summed E-state index contributed by atoms with van der Waals surface area (Å²) in [6.07, 6.45) is 0. The molecule has 0 rings (SSSR count). The molecule has 0 bridgehead atoms. The van der Waals surface area contributed by atoms with Crippen molar-refractivity contribution in [2.45, 2.75) is 41.5 Å². The monoisotopic (exact) mass is 299 g/mol. The molecule has 21 heavy (non-hydrogen) atoms. The second kappa shape index (κ2) is 10.6. The van der Waals surface area contributed by atoms with Crippen molar-refractivity contribution < 1.29 is 9.59 Å². The van der Waals surface area contributed by atoms with Crippen molar-refractivity contribution in [3.05, 3.63) is 0 Å². The fraction of sp³-hybridized carbons (Fsp3) is 0.875. The zero-order valence-corrected chi connectivity index (χ0v) is 14.7. The summed E-state index contributed by atoms with van der Waals surface area (Å²) in [5, 5.41) is 0. The zero-order valence-electron chi connectivity index (χ0n) is 14.7. The standard InChI is InChI=1S/C16H33N3O2/c1-7-18(8-2)15(20)12-17(11-14(5)6)13-16(21)19(9-3)10-4/h14H,7-13H2,1-6H3. The summed E-state index contributed by atoms with van der Waals surface area (Å²) < 4.78 is 0. The predicted octanol–water partition coefficient (Wildman–Crippen LogP) is 1.68. The molecule has 0 aliphatic rings. The Morgan fingerprint density at radius 1 is 0.762 bits per heavy atom. The molecule has 0 unspecified atom stereocenters. The van der Waals surface area contributed by atoms with Crippen LogP contribution in [0.1, 0.15) is 41.5 Å². The summed E-state index contributed by atoms with van der Waals surface area (Å²) in [5.41, 5.74) is 0. The van der Waals surface area contributed by atoms with Gasteiger partial charge in [0.2, 0.25) is 11.8 Å². The quantitative estimate of drug-likeness (QED) is 0.616. The minimum Gasteiger partial charge on any atom is -0.342 e. The normalized spacial score (nSPS) is 11.0. The maximum Gasteiger partial charge on any atom is 0.236 e. The lowest BCUT2D eigenvalue weighted by Gasteiger charge is -2.29. The summed E-state index contributed by atoms with van der Waals surface area (Å²) in [6, 6.07) is 0. The molecule has 0 heterocycles. The number of likely N-dealkylation sites (N-methyl/N-ethyl adjacent to an activating group) is 2. The molecule has 0 saturated heterocycles. The molecule has 0 atom stereocenters. The molecule has 0 aliphatic heterocycles. The highest BCUT2D eigenvalue weighted by Crippen LogP contribution is 2.02. The Labute approximate surface area is 130 Å². The Bertz CT molecular complexity index is 285. The molecule has 124 valence electrons. The van der Waals surface area contributed by atoms with Gasteiger partial charge >= 0.3 is 0 Å². The van der Waals surface area contributed by atoms with Gasteiger partial charge in [0.05, 0.1) is 13.1 Å². The highest BCUT2D eigenvalue weighted by molar-refractivity contribution is 5.81. The van der Waals surface area contributed by atoms with E-state index in [0.29, 0.717) is 19.0 Å². The van der Waals surface area contributed by atoms with E-state index >= 15 is 0 Å². The lowest BCUT2D eigenvalue weighted by Crippen LogP contribution is -2.46. The van der Waals surface area contributed by atoms with Crippen LogP contribution in [0.4, 0.5) is 0 Å². The van der Waals surface area contributed by atoms with Gasteiger partial charge in [-0.2, -0.15) is 0 Å². The van der Waals surface area contributed by atoms with E-state index in [9.17, 15) is 9.59 Å². The van der Waals surface area contributed by atoms with Crippen LogP contribution >= 0.6 is 0 Å². The summed E-state index contributed by atoms with van der Waals surface area (Å²) in [5.74, 6) is 0.639. The number of hydrogen-bond donors (Lipinski definition) is 0. The zero-order chi connectivity index (χ0) is 16.4. The van der Waals surface area contributed by atoms with Crippen molar-refractivity contribution in [3.8, 4) is 0 Å². The van der Waals surface area contributed by atoms with Gasteiger partial charge in [0, 0.05) is 32.7 Å². The predicted molar refractivity (Wildman–Crippen MR) is 87.1 cm³/mol. The molecular formula is C16H33N3O2. The minimum atomic E-state index is 0.105. The van der Waals surface area contributed by atoms with E-state index in [1.807, 2.05) is 42.4 Å². The van der Waals surface area contributed by atoms with Gasteiger partial charge < -0.3 is 9.80 Å². The fourth-order valence-electron chi connectivity index (χ4n) is 2.44. The van der Waals surface area contributed by atoms with Crippen LogP contribution in [0.2, 0.25) is 0 Å². The first kappa shape index (κ1) is 19.9. The maximum absolute atomic E-state index is 12.2. The third kappa shape index (κ3) is 7.46. The molecule has 0 aliphatic carbocycles. The van der Waals surface area contributed by atoms with Crippen LogP contribution in [-0.4, -0.2) is 72.3 Å². The molecule has 0 saturated carbocycles. The Morgan fingerprint density at radius 3 is 1.33 bits per heavy atom. The van der Waals surface area contributed by atoms with E-state index in [4.69, 9.17) is 0 Å². The Morgan fingerprint density at radius 2 is 1.10 bits per heavy atom. The molecule has 0 N–H and O–H groups in total. The third-order valence-electron chi connectivity index (χ3n) is 3.57. The molecule has 0 aromatic heterocycles. The van der Waals surface area contributed by atoms with Crippen LogP contribution in [-0.2, 0) is 9.59 Å². The molecule has 5 nitrogen and oxygen atoms in total. The molecule has 0 aromatic carbocycles. The van der Waals surface area contributed by atoms with Crippen molar-refractivity contribution in [3.63, 3.8) is 0 Å². The lowest BCUT2D eigenvalue weighted by molar-refractivity contribution is -0.135. The van der Waals surface area contributed by atoms with Gasteiger partial charge in [-0.3, -0.25) is 14.5 Å². The average molecular weight is 299 g/mol. The summed E-state index contributed by atoms with van der Waals surface area (Å²) in [7, 11) is 0. The Balaban J connectivity index is 4.72. The highest BCUT2D eigenvalue weighted by Gasteiger charge is 2.20. The molecule has 5 heteroatoms. The molecule has 0 spiro atoms. The number of amides is 2. The first-order valence-corrected chi connectivity index (χ1v) is 8.17. The average Bonchev–Trinajstić information content (AvgIpc) is 2.40. The van der Waals surface area contributed by atoms with Crippen LogP contribution < -0.4 is 0 Å². The molecular weight excluding hydrogens is 266 g/mol. The van der Waals surface area contributed by atoms with Gasteiger partial charge in [-0.25, -0.2) is 0 Å². The minimum absolute atomic E-state index is 0.105. The molecule has 0 fully saturated rings. The van der Waals surface area contributed by atoms with E-state index in [-0.39, 0.29) is 11.8 Å². The number of rotatable bonds is 10. The van der Waals surface area contributed by atoms with Gasteiger partial charge in [0.15, 0.2) is 0 Å². The van der Waals surface area contributed by atoms with Gasteiger partial charge in [0.1, 0.15) is 0 Å². The highest BCUT2D eigenvalue weighted by atomic mass is 16.2. The van der Waals surface area contributed by atoms with E-state index in [1.165, 1.54) is 0 Å². The van der Waals surface area contributed by atoms with Crippen molar-refractivity contribution in [1.82, 2.24) is 14.7 Å². The molecule has 0 aromatic rings. The van der Waals surface area contributed by atoms with E-state index < -0.39 is 0 Å². The maximum atomic E-state index is 12.2. The van der Waals surface area contributed by atoms with Crippen LogP contribution in [0.25, 0.3) is 0 Å². The van der Waals surface area contributed by atoms with Gasteiger partial charge in [0.25, 0.3) is 0 Å². The second-order valence-corrected chi connectivity index (χ2v) is 5.70. The van der Waals surface area contributed by atoms with E-state index in [2.05, 4.69) is 13.8 Å². The van der Waals surface area contributed by atoms with Gasteiger partial charge in [-0.15, -0.1) is 0 Å². The van der Waals surface area contributed by atoms with Crippen LogP contribution in [0.5, 0.6) is 0 Å². The Hall–Kier alpha value is -1.10. The van der Waals surface area contributed by atoms with Crippen molar-refractivity contribution in [1.29, 1.82) is 0 Å². The van der Waals surface area contributed by atoms with E-state index in [0.717, 1.165) is 32.7 Å². The van der Waals surface area contributed by atoms with Crippen molar-refractivity contribution in [2.75, 3.05) is 45.8 Å². The number of carbonyl (C=O) groups excluding carboxylic acids is 2. The fourth-order valence-corrected chi connectivity index (χ4v) is 2.44. The van der Waals surface area contributed by atoms with Crippen LogP contribution in [0.3, 0.4) is 0 Å². The van der Waals surface area contributed by atoms with Crippen LogP contribution in [0, 0.1) is 5.92 Å². The number of nitrogens with zero attached hydrogens (tertiary/aromatic N) is 3. The van der Waals surface area contributed by atoms with Crippen molar-refractivity contribution in [2.24, 2.45) is 5.92 Å². The molecule has 0 radical (unpaired) electrons. The molecule has 2 amide bonds. The van der Waals surface area contributed by atoms with Crippen LogP contribution in [0.15, 0.2) is 0 Å². The summed E-state index contributed by atoms with van der Waals surface area (Å²) in [4.78, 5) is 30.1. The topological polar surface area (TPSA) is 43.9 Å². The lowest BCUT2D eigenvalue weighted by atomic mass is 10.2. The third-order valence-corrected chi connectivity index (χ3v) is 3.57. The number of hydrogen-bond acceptors (Lipinski definition) is 3. The largest absolute Gasteiger partial charge is 0.342 e. The van der Waals surface area contributed by atoms with Crippen molar-refractivity contribution >= 4 is 11.8 Å². The van der Waals surface area contributed by atoms with Gasteiger partial charge in [-0.05, 0) is 33.6 Å². The summed E-state index contributed by atoms with van der Waals surface area (Å²) >= 11 is 0. The number of carbonyl (C=O) groups is 2. The SMILES string of the molecule is CCN(CC)C(=O)CN(CC(=O)N(CC)CC)CC(C)C.